The van der Waals surface area contributed by atoms with Crippen molar-refractivity contribution in [3.05, 3.63) is 29.3 Å². The Morgan fingerprint density at radius 1 is 1.28 bits per heavy atom. The topological polar surface area (TPSA) is 46.2 Å². The predicted octanol–water partition coefficient (Wildman–Crippen LogP) is 2.79. The van der Waals surface area contributed by atoms with Gasteiger partial charge in [-0.3, -0.25) is 0 Å². The summed E-state index contributed by atoms with van der Waals surface area (Å²) in [6.45, 7) is 7.80. The summed E-state index contributed by atoms with van der Waals surface area (Å²) in [5.74, 6) is 0.381. The molecule has 0 aliphatic rings. The van der Waals surface area contributed by atoms with Gasteiger partial charge in [-0.1, -0.05) is 19.9 Å². The molecule has 1 atom stereocenters. The molecule has 0 aliphatic heterocycles. The maximum atomic E-state index is 11.5. The summed E-state index contributed by atoms with van der Waals surface area (Å²) in [7, 11) is -2.93. The fourth-order valence-corrected chi connectivity index (χ4v) is 3.05. The fraction of sp³-hybridized carbons (Fsp3) is 0.571. The van der Waals surface area contributed by atoms with Gasteiger partial charge in [-0.25, -0.2) is 8.42 Å². The van der Waals surface area contributed by atoms with Gasteiger partial charge >= 0.3 is 0 Å². The van der Waals surface area contributed by atoms with Crippen molar-refractivity contribution in [1.29, 1.82) is 0 Å². The van der Waals surface area contributed by atoms with Crippen LogP contribution in [-0.2, 0) is 16.3 Å². The first kappa shape index (κ1) is 15.0. The number of benzene rings is 1. The van der Waals surface area contributed by atoms with Crippen molar-refractivity contribution in [1.82, 2.24) is 0 Å². The molecule has 0 heterocycles. The van der Waals surface area contributed by atoms with E-state index in [0.717, 1.165) is 12.1 Å². The molecule has 0 spiro atoms. The summed E-state index contributed by atoms with van der Waals surface area (Å²) in [6, 6.07) is 6.11. The monoisotopic (exact) mass is 269 g/mol. The summed E-state index contributed by atoms with van der Waals surface area (Å²) in [6.07, 6.45) is 0.989. The molecule has 0 aliphatic carbocycles. The third-order valence-electron chi connectivity index (χ3n) is 3.09. The molecule has 1 N–H and O–H groups in total. The second kappa shape index (κ2) is 6.23. The lowest BCUT2D eigenvalue weighted by atomic mass is 10.1. The van der Waals surface area contributed by atoms with Crippen LogP contribution in [0.15, 0.2) is 18.2 Å². The van der Waals surface area contributed by atoms with Crippen LogP contribution in [0.25, 0.3) is 0 Å². The number of aryl methyl sites for hydroxylation is 2. The molecule has 1 aromatic carbocycles. The Labute approximate surface area is 111 Å². The SMILES string of the molecule is CCc1cc(NC(C)CS(=O)(=O)CC)ccc1C. The quantitative estimate of drug-likeness (QED) is 0.864. The maximum Gasteiger partial charge on any atom is 0.152 e. The minimum Gasteiger partial charge on any atom is -0.382 e. The average Bonchev–Trinajstić information content (AvgIpc) is 2.31. The van der Waals surface area contributed by atoms with Gasteiger partial charge in [0.15, 0.2) is 9.84 Å². The van der Waals surface area contributed by atoms with Crippen LogP contribution in [0.5, 0.6) is 0 Å². The van der Waals surface area contributed by atoms with Gasteiger partial charge in [0.05, 0.1) is 5.75 Å². The van der Waals surface area contributed by atoms with Crippen molar-refractivity contribution < 1.29 is 8.42 Å². The number of sulfone groups is 1. The standard InChI is InChI=1S/C14H23NO2S/c1-5-13-9-14(8-7-11(13)3)15-12(4)10-18(16,17)6-2/h7-9,12,15H,5-6,10H2,1-4H3. The largest absolute Gasteiger partial charge is 0.382 e. The van der Waals surface area contributed by atoms with Crippen molar-refractivity contribution in [3.8, 4) is 0 Å². The van der Waals surface area contributed by atoms with E-state index >= 15 is 0 Å². The Morgan fingerprint density at radius 2 is 1.94 bits per heavy atom. The lowest BCUT2D eigenvalue weighted by Gasteiger charge is -2.16. The first-order valence-corrected chi connectivity index (χ1v) is 8.26. The van der Waals surface area contributed by atoms with Gasteiger partial charge in [-0.15, -0.1) is 0 Å². The van der Waals surface area contributed by atoms with Crippen molar-refractivity contribution in [2.75, 3.05) is 16.8 Å². The summed E-state index contributed by atoms with van der Waals surface area (Å²) in [5.41, 5.74) is 3.57. The van der Waals surface area contributed by atoms with Gasteiger partial charge < -0.3 is 5.32 Å². The molecule has 0 radical (unpaired) electrons. The molecule has 0 saturated heterocycles. The van der Waals surface area contributed by atoms with Gasteiger partial charge in [0.2, 0.25) is 0 Å². The Balaban J connectivity index is 2.73. The molecule has 1 unspecified atom stereocenters. The van der Waals surface area contributed by atoms with E-state index in [4.69, 9.17) is 0 Å². The van der Waals surface area contributed by atoms with Crippen molar-refractivity contribution in [2.45, 2.75) is 40.2 Å². The van der Waals surface area contributed by atoms with Crippen molar-refractivity contribution in [2.24, 2.45) is 0 Å². The second-order valence-corrected chi connectivity index (χ2v) is 7.14. The predicted molar refractivity (Wildman–Crippen MR) is 78.0 cm³/mol. The van der Waals surface area contributed by atoms with E-state index in [1.165, 1.54) is 11.1 Å². The van der Waals surface area contributed by atoms with E-state index in [9.17, 15) is 8.42 Å². The number of rotatable bonds is 6. The Bertz CT molecular complexity index is 495. The second-order valence-electron chi connectivity index (χ2n) is 4.74. The highest BCUT2D eigenvalue weighted by Crippen LogP contribution is 2.17. The normalized spacial score (nSPS) is 13.3. The molecule has 0 saturated carbocycles. The van der Waals surface area contributed by atoms with E-state index in [-0.39, 0.29) is 17.5 Å². The number of anilines is 1. The van der Waals surface area contributed by atoms with E-state index in [2.05, 4.69) is 31.3 Å². The van der Waals surface area contributed by atoms with Gasteiger partial charge in [0, 0.05) is 17.5 Å². The van der Waals surface area contributed by atoms with Gasteiger partial charge in [-0.05, 0) is 43.5 Å². The van der Waals surface area contributed by atoms with Crippen LogP contribution in [0, 0.1) is 6.92 Å². The van der Waals surface area contributed by atoms with Gasteiger partial charge in [0.1, 0.15) is 0 Å². The molecule has 18 heavy (non-hydrogen) atoms. The molecule has 1 rings (SSSR count). The minimum absolute atomic E-state index is 0.0673. The zero-order valence-electron chi connectivity index (χ0n) is 11.7. The zero-order chi connectivity index (χ0) is 13.8. The molecule has 0 bridgehead atoms. The smallest absolute Gasteiger partial charge is 0.152 e. The van der Waals surface area contributed by atoms with Crippen LogP contribution in [0.1, 0.15) is 31.9 Å². The molecule has 1 aromatic rings. The van der Waals surface area contributed by atoms with Gasteiger partial charge in [0.25, 0.3) is 0 Å². The Kier molecular flexibility index (Phi) is 5.20. The van der Waals surface area contributed by atoms with Crippen LogP contribution >= 0.6 is 0 Å². The minimum atomic E-state index is -2.93. The Morgan fingerprint density at radius 3 is 2.50 bits per heavy atom. The summed E-state index contributed by atoms with van der Waals surface area (Å²) in [4.78, 5) is 0. The number of hydrogen-bond acceptors (Lipinski definition) is 3. The highest BCUT2D eigenvalue weighted by molar-refractivity contribution is 7.91. The maximum absolute atomic E-state index is 11.5. The zero-order valence-corrected chi connectivity index (χ0v) is 12.5. The van der Waals surface area contributed by atoms with E-state index in [0.29, 0.717) is 0 Å². The highest BCUT2D eigenvalue weighted by Gasteiger charge is 2.13. The van der Waals surface area contributed by atoms with Crippen molar-refractivity contribution in [3.63, 3.8) is 0 Å². The summed E-state index contributed by atoms with van der Waals surface area (Å²) < 4.78 is 23.1. The number of hydrogen-bond donors (Lipinski definition) is 1. The van der Waals surface area contributed by atoms with Crippen LogP contribution < -0.4 is 5.32 Å². The van der Waals surface area contributed by atoms with E-state index in [1.54, 1.807) is 6.92 Å². The fourth-order valence-electron chi connectivity index (χ4n) is 1.97. The molecule has 0 fully saturated rings. The van der Waals surface area contributed by atoms with Crippen LogP contribution in [0.4, 0.5) is 5.69 Å². The van der Waals surface area contributed by atoms with Gasteiger partial charge in [-0.2, -0.15) is 0 Å². The molecule has 0 aromatic heterocycles. The molecule has 0 amide bonds. The molecular formula is C14H23NO2S. The summed E-state index contributed by atoms with van der Waals surface area (Å²) in [5, 5.41) is 3.26. The summed E-state index contributed by atoms with van der Waals surface area (Å²) >= 11 is 0. The number of nitrogens with one attached hydrogen (secondary N) is 1. The Hall–Kier alpha value is -1.03. The lowest BCUT2D eigenvalue weighted by molar-refractivity contribution is 0.593. The third-order valence-corrected chi connectivity index (χ3v) is 4.97. The molecule has 102 valence electrons. The van der Waals surface area contributed by atoms with E-state index in [1.807, 2.05) is 13.0 Å². The molecule has 4 heteroatoms. The van der Waals surface area contributed by atoms with Crippen LogP contribution in [0.3, 0.4) is 0 Å². The first-order valence-electron chi connectivity index (χ1n) is 6.44. The highest BCUT2D eigenvalue weighted by atomic mass is 32.2. The van der Waals surface area contributed by atoms with Crippen molar-refractivity contribution >= 4 is 15.5 Å². The van der Waals surface area contributed by atoms with Crippen LogP contribution in [-0.4, -0.2) is 26.0 Å². The molecular weight excluding hydrogens is 246 g/mol. The first-order chi connectivity index (χ1) is 8.38. The van der Waals surface area contributed by atoms with Crippen LogP contribution in [0.2, 0.25) is 0 Å². The third kappa shape index (κ3) is 4.33. The average molecular weight is 269 g/mol. The lowest BCUT2D eigenvalue weighted by Crippen LogP contribution is -2.26. The van der Waals surface area contributed by atoms with E-state index < -0.39 is 9.84 Å². The molecule has 3 nitrogen and oxygen atoms in total.